The molecule has 0 bridgehead atoms. The molecule has 98 valence electrons. The second-order valence-corrected chi connectivity index (χ2v) is 4.97. The highest BCUT2D eigenvalue weighted by Gasteiger charge is 2.22. The fourth-order valence-corrected chi connectivity index (χ4v) is 2.17. The van der Waals surface area contributed by atoms with Gasteiger partial charge in [-0.2, -0.15) is 5.10 Å². The first-order chi connectivity index (χ1) is 8.68. The Hall–Kier alpha value is -1.58. The maximum absolute atomic E-state index is 11.9. The van der Waals surface area contributed by atoms with Crippen LogP contribution in [0.15, 0.2) is 30.6 Å². The highest BCUT2D eigenvalue weighted by Crippen LogP contribution is 2.25. The molecular formula is C14H20N2O2. The Bertz CT molecular complexity index is 411. The number of ether oxygens (including phenoxy) is 1. The molecule has 0 spiro atoms. The van der Waals surface area contributed by atoms with Gasteiger partial charge in [0, 0.05) is 12.4 Å². The first-order valence-electron chi connectivity index (χ1n) is 6.49. The number of rotatable bonds is 4. The first-order valence-corrected chi connectivity index (χ1v) is 6.49. The maximum Gasteiger partial charge on any atom is 0.330 e. The Kier molecular flexibility index (Phi) is 4.18. The van der Waals surface area contributed by atoms with Crippen molar-refractivity contribution in [2.45, 2.75) is 32.7 Å². The van der Waals surface area contributed by atoms with Gasteiger partial charge < -0.3 is 4.74 Å². The van der Waals surface area contributed by atoms with E-state index in [1.54, 1.807) is 30.1 Å². The minimum absolute atomic E-state index is 0.208. The monoisotopic (exact) mass is 248 g/mol. The number of nitrogens with zero attached hydrogens (tertiary/aromatic N) is 2. The van der Waals surface area contributed by atoms with Gasteiger partial charge in [-0.1, -0.05) is 19.1 Å². The predicted octanol–water partition coefficient (Wildman–Crippen LogP) is 2.59. The van der Waals surface area contributed by atoms with Crippen molar-refractivity contribution in [2.75, 3.05) is 6.61 Å². The van der Waals surface area contributed by atoms with Crippen molar-refractivity contribution in [1.29, 1.82) is 0 Å². The molecule has 4 heteroatoms. The van der Waals surface area contributed by atoms with E-state index in [9.17, 15) is 4.79 Å². The third kappa shape index (κ3) is 3.00. The van der Waals surface area contributed by atoms with E-state index in [2.05, 4.69) is 24.2 Å². The molecule has 1 aromatic rings. The molecule has 0 aromatic carbocycles. The van der Waals surface area contributed by atoms with Crippen molar-refractivity contribution in [3.8, 4) is 0 Å². The van der Waals surface area contributed by atoms with Crippen LogP contribution in [0.25, 0.3) is 0 Å². The molecule has 0 radical (unpaired) electrons. The Balaban J connectivity index is 1.83. The molecule has 0 N–H and O–H groups in total. The standard InChI is InChI=1S/C14H20N2O2/c1-11-6-3-4-7-13(11)10-18-14(17)12(2)16-9-5-8-15-16/h3-5,8-9,11-13H,6-7,10H2,1-2H3. The molecule has 1 aromatic heterocycles. The summed E-state index contributed by atoms with van der Waals surface area (Å²) in [5.74, 6) is 0.826. The summed E-state index contributed by atoms with van der Waals surface area (Å²) in [5.41, 5.74) is 0. The molecule has 0 amide bonds. The van der Waals surface area contributed by atoms with Gasteiger partial charge in [0.25, 0.3) is 0 Å². The van der Waals surface area contributed by atoms with Gasteiger partial charge in [0.1, 0.15) is 6.04 Å². The van der Waals surface area contributed by atoms with E-state index in [-0.39, 0.29) is 12.0 Å². The van der Waals surface area contributed by atoms with Gasteiger partial charge in [-0.3, -0.25) is 4.68 Å². The first kappa shape index (κ1) is 12.9. The van der Waals surface area contributed by atoms with Crippen LogP contribution in [0.3, 0.4) is 0 Å². The van der Waals surface area contributed by atoms with E-state index in [0.717, 1.165) is 12.8 Å². The summed E-state index contributed by atoms with van der Waals surface area (Å²) >= 11 is 0. The number of hydrogen-bond donors (Lipinski definition) is 0. The Morgan fingerprint density at radius 1 is 1.50 bits per heavy atom. The Morgan fingerprint density at radius 2 is 2.28 bits per heavy atom. The second kappa shape index (κ2) is 5.85. The molecule has 0 aliphatic heterocycles. The number of carbonyl (C=O) groups is 1. The lowest BCUT2D eigenvalue weighted by molar-refractivity contribution is -0.149. The summed E-state index contributed by atoms with van der Waals surface area (Å²) in [5, 5.41) is 4.05. The fraction of sp³-hybridized carbons (Fsp3) is 0.571. The van der Waals surface area contributed by atoms with Gasteiger partial charge in [-0.25, -0.2) is 4.79 Å². The number of allylic oxidation sites excluding steroid dienone is 2. The number of hydrogen-bond acceptors (Lipinski definition) is 3. The number of carbonyl (C=O) groups excluding carboxylic acids is 1. The summed E-state index contributed by atoms with van der Waals surface area (Å²) in [7, 11) is 0. The van der Waals surface area contributed by atoms with E-state index in [0.29, 0.717) is 18.4 Å². The molecule has 3 atom stereocenters. The van der Waals surface area contributed by atoms with Crippen LogP contribution in [0.2, 0.25) is 0 Å². The fourth-order valence-electron chi connectivity index (χ4n) is 2.17. The zero-order valence-electron chi connectivity index (χ0n) is 11.0. The van der Waals surface area contributed by atoms with Crippen LogP contribution in [-0.2, 0) is 9.53 Å². The summed E-state index contributed by atoms with van der Waals surface area (Å²) in [6.45, 7) is 4.52. The summed E-state index contributed by atoms with van der Waals surface area (Å²) in [6, 6.07) is 1.45. The molecular weight excluding hydrogens is 228 g/mol. The van der Waals surface area contributed by atoms with Gasteiger partial charge in [0.05, 0.1) is 6.61 Å². The van der Waals surface area contributed by atoms with E-state index in [1.807, 2.05) is 0 Å². The summed E-state index contributed by atoms with van der Waals surface area (Å²) in [6.07, 6.45) is 9.90. The van der Waals surface area contributed by atoms with Gasteiger partial charge in [-0.15, -0.1) is 0 Å². The number of esters is 1. The molecule has 18 heavy (non-hydrogen) atoms. The molecule has 0 fully saturated rings. The lowest BCUT2D eigenvalue weighted by Gasteiger charge is -2.25. The minimum Gasteiger partial charge on any atom is -0.464 e. The van der Waals surface area contributed by atoms with Gasteiger partial charge in [-0.05, 0) is 37.7 Å². The normalized spacial score (nSPS) is 24.8. The van der Waals surface area contributed by atoms with Crippen LogP contribution >= 0.6 is 0 Å². The van der Waals surface area contributed by atoms with Crippen molar-refractivity contribution in [1.82, 2.24) is 9.78 Å². The molecule has 3 unspecified atom stereocenters. The van der Waals surface area contributed by atoms with Crippen LogP contribution in [0.5, 0.6) is 0 Å². The average molecular weight is 248 g/mol. The second-order valence-electron chi connectivity index (χ2n) is 4.97. The van der Waals surface area contributed by atoms with Crippen molar-refractivity contribution in [2.24, 2.45) is 11.8 Å². The smallest absolute Gasteiger partial charge is 0.330 e. The molecule has 2 rings (SSSR count). The van der Waals surface area contributed by atoms with Crippen LogP contribution in [0, 0.1) is 11.8 Å². The van der Waals surface area contributed by atoms with Crippen molar-refractivity contribution in [3.05, 3.63) is 30.6 Å². The van der Waals surface area contributed by atoms with E-state index in [4.69, 9.17) is 4.74 Å². The highest BCUT2D eigenvalue weighted by atomic mass is 16.5. The largest absolute Gasteiger partial charge is 0.464 e. The summed E-state index contributed by atoms with van der Waals surface area (Å²) in [4.78, 5) is 11.9. The number of aromatic nitrogens is 2. The van der Waals surface area contributed by atoms with E-state index in [1.165, 1.54) is 0 Å². The maximum atomic E-state index is 11.9. The van der Waals surface area contributed by atoms with Crippen molar-refractivity contribution < 1.29 is 9.53 Å². The van der Waals surface area contributed by atoms with Crippen LogP contribution < -0.4 is 0 Å². The van der Waals surface area contributed by atoms with Gasteiger partial charge in [0.15, 0.2) is 0 Å². The van der Waals surface area contributed by atoms with Crippen LogP contribution in [0.4, 0.5) is 0 Å². The Labute approximate surface area is 108 Å². The molecule has 4 nitrogen and oxygen atoms in total. The lowest BCUT2D eigenvalue weighted by atomic mass is 9.85. The van der Waals surface area contributed by atoms with Crippen molar-refractivity contribution >= 4 is 5.97 Å². The lowest BCUT2D eigenvalue weighted by Crippen LogP contribution is -2.25. The van der Waals surface area contributed by atoms with Gasteiger partial charge in [0.2, 0.25) is 0 Å². The predicted molar refractivity (Wildman–Crippen MR) is 68.9 cm³/mol. The molecule has 0 saturated carbocycles. The SMILES string of the molecule is CC1CC=CCC1COC(=O)C(C)n1cccn1. The minimum atomic E-state index is -0.352. The van der Waals surface area contributed by atoms with Crippen molar-refractivity contribution in [3.63, 3.8) is 0 Å². The molecule has 1 heterocycles. The van der Waals surface area contributed by atoms with Crippen LogP contribution in [-0.4, -0.2) is 22.4 Å². The van der Waals surface area contributed by atoms with Gasteiger partial charge >= 0.3 is 5.97 Å². The quantitative estimate of drug-likeness (QED) is 0.607. The van der Waals surface area contributed by atoms with E-state index >= 15 is 0 Å². The molecule has 0 saturated heterocycles. The van der Waals surface area contributed by atoms with E-state index < -0.39 is 0 Å². The molecule has 1 aliphatic carbocycles. The summed E-state index contributed by atoms with van der Waals surface area (Å²) < 4.78 is 7.02. The topological polar surface area (TPSA) is 44.1 Å². The Morgan fingerprint density at radius 3 is 2.94 bits per heavy atom. The third-order valence-corrected chi connectivity index (χ3v) is 3.62. The highest BCUT2D eigenvalue weighted by molar-refractivity contribution is 5.73. The zero-order valence-corrected chi connectivity index (χ0v) is 11.0. The average Bonchev–Trinajstić information content (AvgIpc) is 2.90. The zero-order chi connectivity index (χ0) is 13.0. The molecule has 1 aliphatic rings. The van der Waals surface area contributed by atoms with Crippen LogP contribution in [0.1, 0.15) is 32.7 Å². The third-order valence-electron chi connectivity index (χ3n) is 3.62.